The SMILES string of the molecule is Cc1cc(C(F)(F)F)cc(N2C(=O)C[C@@H]3CN(CCN4CCN(C5CN(OC(=O)c6ccccc6)C5)[C@@H](CF)C4)c4c(F)cccc4N(C)C(=O)[C@H]32)n1. The van der Waals surface area contributed by atoms with Crippen LogP contribution in [0, 0.1) is 18.7 Å². The smallest absolute Gasteiger partial charge is 0.366 e. The van der Waals surface area contributed by atoms with Gasteiger partial charge >= 0.3 is 12.1 Å². The van der Waals surface area contributed by atoms with Crippen LogP contribution in [0.15, 0.2) is 60.7 Å². The summed E-state index contributed by atoms with van der Waals surface area (Å²) in [5.74, 6) is -3.07. The van der Waals surface area contributed by atoms with Gasteiger partial charge in [-0.15, -0.1) is 5.06 Å². The fraction of sp³-hybridized carbons (Fsp3) is 0.459. The molecule has 3 atom stereocenters. The van der Waals surface area contributed by atoms with Crippen LogP contribution in [-0.2, 0) is 20.6 Å². The molecule has 3 saturated heterocycles. The van der Waals surface area contributed by atoms with Gasteiger partial charge in [-0.05, 0) is 43.3 Å². The van der Waals surface area contributed by atoms with Crippen molar-refractivity contribution in [1.29, 1.82) is 0 Å². The fourth-order valence-corrected chi connectivity index (χ4v) is 7.93. The molecule has 0 radical (unpaired) electrons. The first-order valence-electron chi connectivity index (χ1n) is 17.6. The summed E-state index contributed by atoms with van der Waals surface area (Å²) in [7, 11) is 1.46. The zero-order chi connectivity index (χ0) is 37.6. The van der Waals surface area contributed by atoms with Crippen molar-refractivity contribution in [3.63, 3.8) is 0 Å². The quantitative estimate of drug-likeness (QED) is 0.316. The molecule has 16 heteroatoms. The Hall–Kier alpha value is -4.67. The van der Waals surface area contributed by atoms with Crippen LogP contribution in [0.1, 0.15) is 28.0 Å². The first-order valence-corrected chi connectivity index (χ1v) is 17.6. The summed E-state index contributed by atoms with van der Waals surface area (Å²) < 4.78 is 71.5. The highest BCUT2D eigenvalue weighted by Gasteiger charge is 2.50. The summed E-state index contributed by atoms with van der Waals surface area (Å²) in [4.78, 5) is 58.0. The van der Waals surface area contributed by atoms with Crippen LogP contribution in [0.2, 0.25) is 0 Å². The van der Waals surface area contributed by atoms with Gasteiger partial charge in [-0.25, -0.2) is 18.6 Å². The molecule has 0 aliphatic carbocycles. The minimum absolute atomic E-state index is 0.0137. The lowest BCUT2D eigenvalue weighted by atomic mass is 9.95. The van der Waals surface area contributed by atoms with Crippen LogP contribution in [-0.4, -0.2) is 122 Å². The predicted molar refractivity (Wildman–Crippen MR) is 186 cm³/mol. The minimum Gasteiger partial charge on any atom is -0.366 e. The Morgan fingerprint density at radius 3 is 2.43 bits per heavy atom. The third-order valence-corrected chi connectivity index (χ3v) is 10.6. The first-order chi connectivity index (χ1) is 25.3. The van der Waals surface area contributed by atoms with Crippen molar-refractivity contribution in [2.45, 2.75) is 37.6 Å². The van der Waals surface area contributed by atoms with Crippen LogP contribution >= 0.6 is 0 Å². The number of aromatic nitrogens is 1. The number of fused-ring (bicyclic) bond motifs is 2. The molecule has 0 bridgehead atoms. The zero-order valence-corrected chi connectivity index (χ0v) is 29.3. The summed E-state index contributed by atoms with van der Waals surface area (Å²) in [6, 6.07) is 13.1. The van der Waals surface area contributed by atoms with Crippen LogP contribution in [0.4, 0.5) is 39.1 Å². The van der Waals surface area contributed by atoms with Gasteiger partial charge in [-0.2, -0.15) is 13.2 Å². The lowest BCUT2D eigenvalue weighted by molar-refractivity contribution is -0.189. The summed E-state index contributed by atoms with van der Waals surface area (Å²) in [5, 5.41) is 1.57. The third-order valence-electron chi connectivity index (χ3n) is 10.6. The van der Waals surface area contributed by atoms with Gasteiger partial charge in [-0.3, -0.25) is 24.3 Å². The molecule has 3 aromatic rings. The number of rotatable bonds is 8. The molecule has 53 heavy (non-hydrogen) atoms. The number of nitrogens with zero attached hydrogens (tertiary/aromatic N) is 7. The van der Waals surface area contributed by atoms with E-state index in [0.29, 0.717) is 44.8 Å². The zero-order valence-electron chi connectivity index (χ0n) is 29.3. The van der Waals surface area contributed by atoms with E-state index in [1.54, 1.807) is 40.3 Å². The molecule has 0 saturated carbocycles. The highest BCUT2D eigenvalue weighted by atomic mass is 19.4. The van der Waals surface area contributed by atoms with Gasteiger partial charge in [0.1, 0.15) is 24.4 Å². The molecule has 3 fully saturated rings. The number of carbonyl (C=O) groups excluding carboxylic acids is 3. The van der Waals surface area contributed by atoms with E-state index >= 15 is 4.39 Å². The molecular weight excluding hydrogens is 701 g/mol. The summed E-state index contributed by atoms with van der Waals surface area (Å²) >= 11 is 0. The van der Waals surface area contributed by atoms with Gasteiger partial charge in [0, 0.05) is 70.4 Å². The molecule has 0 N–H and O–H groups in total. The highest BCUT2D eigenvalue weighted by molar-refractivity contribution is 6.10. The van der Waals surface area contributed by atoms with E-state index in [1.807, 2.05) is 6.07 Å². The van der Waals surface area contributed by atoms with E-state index in [-0.39, 0.29) is 48.4 Å². The van der Waals surface area contributed by atoms with Crippen LogP contribution < -0.4 is 14.7 Å². The lowest BCUT2D eigenvalue weighted by Gasteiger charge is -2.50. The first kappa shape index (κ1) is 36.7. The van der Waals surface area contributed by atoms with E-state index in [1.165, 1.54) is 31.0 Å². The number of amides is 2. The number of halogens is 5. The third kappa shape index (κ3) is 7.31. The second-order valence-corrected chi connectivity index (χ2v) is 14.1. The molecular formula is C37H40F5N7O4. The molecule has 7 rings (SSSR count). The van der Waals surface area contributed by atoms with E-state index in [0.717, 1.165) is 17.0 Å². The number of carbonyl (C=O) groups is 3. The van der Waals surface area contributed by atoms with Crippen molar-refractivity contribution in [2.24, 2.45) is 5.92 Å². The van der Waals surface area contributed by atoms with Gasteiger partial charge in [0.25, 0.3) is 0 Å². The Labute approximate surface area is 303 Å². The summed E-state index contributed by atoms with van der Waals surface area (Å²) in [5.41, 5.74) is -0.0533. The van der Waals surface area contributed by atoms with Gasteiger partial charge < -0.3 is 14.6 Å². The standard InChI is InChI=1S/C37H40F5N7O4/c1-23-15-26(37(40,41)42)17-31(43-23)49-32(50)16-25-19-46(34-29(39)9-6-10-30(34)44(2)35(51)33(25)49)13-11-45-12-14-48(27(18-38)20-45)28-21-47(22-28)53-36(52)24-7-4-3-5-8-24/h3-10,15,17,25,27-28,33H,11-14,16,18-22H2,1-2H3/t25-,27+,33+/m1/s1. The van der Waals surface area contributed by atoms with Crippen molar-refractivity contribution in [3.8, 4) is 0 Å². The molecule has 0 spiro atoms. The van der Waals surface area contributed by atoms with Gasteiger partial charge in [0.05, 0.1) is 41.6 Å². The number of hydroxylamine groups is 2. The average Bonchev–Trinajstić information content (AvgIpc) is 3.44. The van der Waals surface area contributed by atoms with E-state index in [9.17, 15) is 31.9 Å². The molecule has 2 amide bonds. The Balaban J connectivity index is 1.05. The second-order valence-electron chi connectivity index (χ2n) is 14.1. The molecule has 282 valence electrons. The maximum Gasteiger partial charge on any atom is 0.416 e. The van der Waals surface area contributed by atoms with E-state index in [4.69, 9.17) is 4.84 Å². The largest absolute Gasteiger partial charge is 0.416 e. The monoisotopic (exact) mass is 741 g/mol. The maximum absolute atomic E-state index is 15.7. The number of benzene rings is 2. The number of hydrogen-bond donors (Lipinski definition) is 0. The Morgan fingerprint density at radius 1 is 0.962 bits per heavy atom. The molecule has 5 heterocycles. The molecule has 4 aliphatic heterocycles. The Bertz CT molecular complexity index is 1860. The minimum atomic E-state index is -4.69. The van der Waals surface area contributed by atoms with Crippen molar-refractivity contribution >= 4 is 35.0 Å². The molecule has 2 aromatic carbocycles. The fourth-order valence-electron chi connectivity index (χ4n) is 7.93. The second kappa shape index (κ2) is 14.6. The van der Waals surface area contributed by atoms with E-state index < -0.39 is 60.0 Å². The number of likely N-dealkylation sites (N-methyl/N-ethyl adjacent to an activating group) is 1. The summed E-state index contributed by atoms with van der Waals surface area (Å²) in [6.45, 7) is 4.07. The maximum atomic E-state index is 15.7. The predicted octanol–water partition coefficient (Wildman–Crippen LogP) is 4.16. The van der Waals surface area contributed by atoms with Crippen LogP contribution in [0.5, 0.6) is 0 Å². The normalized spacial score (nSPS) is 23.4. The number of piperazine rings is 1. The lowest BCUT2D eigenvalue weighted by Crippen LogP contribution is -2.67. The number of aryl methyl sites for hydroxylation is 1. The summed E-state index contributed by atoms with van der Waals surface area (Å²) in [6.07, 6.45) is -4.84. The van der Waals surface area contributed by atoms with Gasteiger partial charge in [0.15, 0.2) is 0 Å². The van der Waals surface area contributed by atoms with Crippen molar-refractivity contribution in [3.05, 3.63) is 83.3 Å². The molecule has 1 aromatic heterocycles. The van der Waals surface area contributed by atoms with Crippen LogP contribution in [0.25, 0.3) is 0 Å². The van der Waals surface area contributed by atoms with Gasteiger partial charge in [-0.1, -0.05) is 24.3 Å². The molecule has 11 nitrogen and oxygen atoms in total. The topological polar surface area (TPSA) is 92.8 Å². The number of anilines is 3. The van der Waals surface area contributed by atoms with Crippen molar-refractivity contribution < 1.29 is 41.2 Å². The number of pyridine rings is 1. The Morgan fingerprint density at radius 2 is 1.72 bits per heavy atom. The number of para-hydroxylation sites is 1. The number of alkyl halides is 4. The van der Waals surface area contributed by atoms with Gasteiger partial charge in [0.2, 0.25) is 11.8 Å². The molecule has 4 aliphatic rings. The van der Waals surface area contributed by atoms with Crippen molar-refractivity contribution in [1.82, 2.24) is 19.8 Å². The van der Waals surface area contributed by atoms with Crippen molar-refractivity contribution in [2.75, 3.05) is 80.8 Å². The van der Waals surface area contributed by atoms with E-state index in [2.05, 4.69) is 14.8 Å². The Kier molecular flexibility index (Phi) is 10.1. The van der Waals surface area contributed by atoms with Crippen LogP contribution in [0.3, 0.4) is 0 Å². The number of hydrogen-bond acceptors (Lipinski definition) is 9. The average molecular weight is 742 g/mol. The molecule has 0 unspecified atom stereocenters. The highest BCUT2D eigenvalue weighted by Crippen LogP contribution is 2.41.